The molecule has 0 radical (unpaired) electrons. The van der Waals surface area contributed by atoms with E-state index >= 15 is 0 Å². The zero-order valence-electron chi connectivity index (χ0n) is 7.64. The van der Waals surface area contributed by atoms with Crippen LogP contribution in [-0.2, 0) is 14.2 Å². The van der Waals surface area contributed by atoms with Gasteiger partial charge in [-0.15, -0.1) is 0 Å². The Bertz CT molecular complexity index is 83.5. The molecule has 13 heavy (non-hydrogen) atoms. The molecule has 0 aliphatic rings. The van der Waals surface area contributed by atoms with E-state index in [2.05, 4.69) is 0 Å². The quantitative estimate of drug-likeness (QED) is 0.490. The van der Waals surface area contributed by atoms with E-state index in [-0.39, 0.29) is 13.2 Å². The Kier molecular flexibility index (Phi) is 11.5. The van der Waals surface area contributed by atoms with Crippen LogP contribution >= 0.6 is 0 Å². The molecule has 0 atom stereocenters. The van der Waals surface area contributed by atoms with Gasteiger partial charge in [-0.05, 0) is 0 Å². The van der Waals surface area contributed by atoms with Crippen LogP contribution < -0.4 is 0 Å². The van der Waals surface area contributed by atoms with Crippen molar-refractivity contribution in [3.05, 3.63) is 0 Å². The predicted octanol–water partition coefficient (Wildman–Crippen LogP) is 0.975. The number of hydrogen-bond donors (Lipinski definition) is 0. The fraction of sp³-hybridized carbons (Fsp3) is 1.00. The van der Waals surface area contributed by atoms with Crippen LogP contribution in [0.2, 0.25) is 0 Å². The molecule has 0 aliphatic heterocycles. The molecule has 0 spiro atoms. The molecule has 3 nitrogen and oxygen atoms in total. The number of ether oxygens (including phenoxy) is 3. The molecule has 0 saturated carbocycles. The molecule has 0 saturated heterocycles. The minimum atomic E-state index is -0.473. The van der Waals surface area contributed by atoms with Crippen molar-refractivity contribution in [1.29, 1.82) is 0 Å². The van der Waals surface area contributed by atoms with Gasteiger partial charge in [0.15, 0.2) is 0 Å². The standard InChI is InChI=1S/C8H16F2O3/c9-1-3-11-5-7-13-8-6-12-4-2-10/h1-8H2. The molecule has 0 aromatic carbocycles. The lowest BCUT2D eigenvalue weighted by atomic mass is 10.7. The molecule has 0 aliphatic carbocycles. The van der Waals surface area contributed by atoms with Crippen LogP contribution in [0.4, 0.5) is 8.78 Å². The Balaban J connectivity index is 2.76. The van der Waals surface area contributed by atoms with Crippen LogP contribution in [0.1, 0.15) is 0 Å². The average molecular weight is 198 g/mol. The first-order valence-electron chi connectivity index (χ1n) is 4.27. The molecular weight excluding hydrogens is 182 g/mol. The lowest BCUT2D eigenvalue weighted by Crippen LogP contribution is -2.10. The van der Waals surface area contributed by atoms with Crippen LogP contribution in [0.25, 0.3) is 0 Å². The third kappa shape index (κ3) is 11.7. The largest absolute Gasteiger partial charge is 0.377 e. The molecule has 0 rings (SSSR count). The summed E-state index contributed by atoms with van der Waals surface area (Å²) >= 11 is 0. The van der Waals surface area contributed by atoms with Crippen LogP contribution in [0.3, 0.4) is 0 Å². The molecule has 0 aromatic heterocycles. The highest BCUT2D eigenvalue weighted by atomic mass is 19.1. The summed E-state index contributed by atoms with van der Waals surface area (Å²) in [4.78, 5) is 0. The first kappa shape index (κ1) is 12.7. The second-order valence-electron chi connectivity index (χ2n) is 2.22. The lowest BCUT2D eigenvalue weighted by molar-refractivity contribution is 0.0103. The van der Waals surface area contributed by atoms with E-state index in [0.29, 0.717) is 26.4 Å². The van der Waals surface area contributed by atoms with Gasteiger partial charge in [0.2, 0.25) is 0 Å². The Morgan fingerprint density at radius 3 is 1.15 bits per heavy atom. The second kappa shape index (κ2) is 11.7. The van der Waals surface area contributed by atoms with Gasteiger partial charge in [0.1, 0.15) is 13.3 Å². The van der Waals surface area contributed by atoms with Crippen LogP contribution in [0, 0.1) is 0 Å². The smallest absolute Gasteiger partial charge is 0.113 e. The van der Waals surface area contributed by atoms with Crippen molar-refractivity contribution >= 4 is 0 Å². The SMILES string of the molecule is FCCOCCOCCOCCF. The molecule has 0 heterocycles. The maximum Gasteiger partial charge on any atom is 0.113 e. The summed E-state index contributed by atoms with van der Waals surface area (Å²) in [7, 11) is 0. The molecule has 0 amide bonds. The zero-order chi connectivity index (χ0) is 9.78. The minimum absolute atomic E-state index is 0.113. The summed E-state index contributed by atoms with van der Waals surface area (Å²) < 4.78 is 37.6. The molecule has 80 valence electrons. The number of hydrogen-bond acceptors (Lipinski definition) is 3. The maximum atomic E-state index is 11.5. The highest BCUT2D eigenvalue weighted by Crippen LogP contribution is 1.81. The molecule has 0 fully saturated rings. The lowest BCUT2D eigenvalue weighted by Gasteiger charge is -2.04. The normalized spacial score (nSPS) is 10.6. The fourth-order valence-corrected chi connectivity index (χ4v) is 0.651. The van der Waals surface area contributed by atoms with E-state index in [1.807, 2.05) is 0 Å². The van der Waals surface area contributed by atoms with Crippen LogP contribution in [0.5, 0.6) is 0 Å². The summed E-state index contributed by atoms with van der Waals surface area (Å²) in [6.45, 7) is 0.876. The molecular formula is C8H16F2O3. The van der Waals surface area contributed by atoms with Crippen molar-refractivity contribution in [2.45, 2.75) is 0 Å². The van der Waals surface area contributed by atoms with Crippen molar-refractivity contribution < 1.29 is 23.0 Å². The highest BCUT2D eigenvalue weighted by Gasteiger charge is 1.90. The summed E-state index contributed by atoms with van der Waals surface area (Å²) in [6, 6.07) is 0. The van der Waals surface area contributed by atoms with Gasteiger partial charge in [-0.1, -0.05) is 0 Å². The van der Waals surface area contributed by atoms with Gasteiger partial charge in [0.25, 0.3) is 0 Å². The second-order valence-corrected chi connectivity index (χ2v) is 2.22. The van der Waals surface area contributed by atoms with Crippen molar-refractivity contribution in [1.82, 2.24) is 0 Å². The Morgan fingerprint density at radius 1 is 0.538 bits per heavy atom. The van der Waals surface area contributed by atoms with Gasteiger partial charge in [-0.2, -0.15) is 0 Å². The third-order valence-corrected chi connectivity index (χ3v) is 1.19. The molecule has 0 aromatic rings. The summed E-state index contributed by atoms with van der Waals surface area (Å²) in [5.74, 6) is 0. The average Bonchev–Trinajstić information content (AvgIpc) is 2.16. The third-order valence-electron chi connectivity index (χ3n) is 1.19. The number of alkyl halides is 2. The van der Waals surface area contributed by atoms with Crippen molar-refractivity contribution in [3.8, 4) is 0 Å². The van der Waals surface area contributed by atoms with Crippen LogP contribution in [-0.4, -0.2) is 53.0 Å². The van der Waals surface area contributed by atoms with E-state index in [0.717, 1.165) is 0 Å². The number of halogens is 2. The van der Waals surface area contributed by atoms with Crippen LogP contribution in [0.15, 0.2) is 0 Å². The monoisotopic (exact) mass is 198 g/mol. The fourth-order valence-electron chi connectivity index (χ4n) is 0.651. The van der Waals surface area contributed by atoms with Gasteiger partial charge < -0.3 is 14.2 Å². The van der Waals surface area contributed by atoms with E-state index in [1.54, 1.807) is 0 Å². The Morgan fingerprint density at radius 2 is 0.846 bits per heavy atom. The highest BCUT2D eigenvalue weighted by molar-refractivity contribution is 4.33. The molecule has 0 unspecified atom stereocenters. The van der Waals surface area contributed by atoms with Crippen molar-refractivity contribution in [2.75, 3.05) is 53.0 Å². The predicted molar refractivity (Wildman–Crippen MR) is 44.4 cm³/mol. The van der Waals surface area contributed by atoms with E-state index < -0.39 is 13.3 Å². The minimum Gasteiger partial charge on any atom is -0.377 e. The summed E-state index contributed by atoms with van der Waals surface area (Å²) in [5.41, 5.74) is 0. The zero-order valence-corrected chi connectivity index (χ0v) is 7.64. The molecule has 0 N–H and O–H groups in total. The topological polar surface area (TPSA) is 27.7 Å². The van der Waals surface area contributed by atoms with Gasteiger partial charge in [0.05, 0.1) is 39.6 Å². The van der Waals surface area contributed by atoms with Gasteiger partial charge in [-0.3, -0.25) is 0 Å². The van der Waals surface area contributed by atoms with Crippen molar-refractivity contribution in [3.63, 3.8) is 0 Å². The van der Waals surface area contributed by atoms with E-state index in [4.69, 9.17) is 14.2 Å². The first-order valence-corrected chi connectivity index (χ1v) is 4.27. The van der Waals surface area contributed by atoms with Gasteiger partial charge in [0, 0.05) is 0 Å². The number of rotatable bonds is 10. The molecule has 0 bridgehead atoms. The van der Waals surface area contributed by atoms with E-state index in [1.165, 1.54) is 0 Å². The maximum absolute atomic E-state index is 11.5. The van der Waals surface area contributed by atoms with Crippen molar-refractivity contribution in [2.24, 2.45) is 0 Å². The summed E-state index contributed by atoms with van der Waals surface area (Å²) in [6.07, 6.45) is 0. The Hall–Kier alpha value is -0.260. The molecule has 5 heteroatoms. The summed E-state index contributed by atoms with van der Waals surface area (Å²) in [5, 5.41) is 0. The first-order chi connectivity index (χ1) is 6.41. The Labute approximate surface area is 77.0 Å². The van der Waals surface area contributed by atoms with Gasteiger partial charge >= 0.3 is 0 Å². The van der Waals surface area contributed by atoms with Gasteiger partial charge in [-0.25, -0.2) is 8.78 Å². The van der Waals surface area contributed by atoms with E-state index in [9.17, 15) is 8.78 Å².